The van der Waals surface area contributed by atoms with E-state index in [2.05, 4.69) is 0 Å². The highest BCUT2D eigenvalue weighted by Gasteiger charge is 2.36. The number of benzene rings is 2. The molecule has 0 unspecified atom stereocenters. The maximum atomic E-state index is 12.8. The number of rotatable bonds is 6. The largest absolute Gasteiger partial charge is 0.490 e. The van der Waals surface area contributed by atoms with Gasteiger partial charge in [0, 0.05) is 0 Å². The average Bonchev–Trinajstić information content (AvgIpc) is 2.93. The van der Waals surface area contributed by atoms with Crippen molar-refractivity contribution in [2.45, 2.75) is 13.8 Å². The first-order chi connectivity index (χ1) is 13.4. The molecule has 2 aromatic carbocycles. The number of amides is 2. The number of imide groups is 1. The number of ether oxygens (including phenoxy) is 2. The van der Waals surface area contributed by atoms with Crippen molar-refractivity contribution >= 4 is 57.9 Å². The summed E-state index contributed by atoms with van der Waals surface area (Å²) in [6, 6.07) is 9.99. The van der Waals surface area contributed by atoms with E-state index in [1.165, 1.54) is 6.07 Å². The molecule has 1 heterocycles. The van der Waals surface area contributed by atoms with Crippen molar-refractivity contribution < 1.29 is 19.1 Å². The fourth-order valence-electron chi connectivity index (χ4n) is 2.62. The van der Waals surface area contributed by atoms with Crippen molar-refractivity contribution in [1.29, 1.82) is 0 Å². The zero-order valence-corrected chi connectivity index (χ0v) is 17.5. The standard InChI is InChI=1S/C20H17Cl2NO4S/c1-3-26-16-8-5-12(9-17(16)27-4-2)10-18-19(24)23(20(25)28-18)13-6-7-14(21)15(22)11-13/h5-11H,3-4H2,1-2H3. The summed E-state index contributed by atoms with van der Waals surface area (Å²) in [6.45, 7) is 4.77. The van der Waals surface area contributed by atoms with Gasteiger partial charge in [-0.15, -0.1) is 0 Å². The average molecular weight is 438 g/mol. The van der Waals surface area contributed by atoms with Crippen molar-refractivity contribution in [3.05, 3.63) is 56.9 Å². The Bertz CT molecular complexity index is 961. The molecule has 1 fully saturated rings. The molecular formula is C20H17Cl2NO4S. The van der Waals surface area contributed by atoms with Crippen LogP contribution in [0.4, 0.5) is 10.5 Å². The first kappa shape index (κ1) is 20.6. The SMILES string of the molecule is CCOc1ccc(C=C2SC(=O)N(c3ccc(Cl)c(Cl)c3)C2=O)cc1OCC. The summed E-state index contributed by atoms with van der Waals surface area (Å²) in [7, 11) is 0. The van der Waals surface area contributed by atoms with Crippen LogP contribution in [0, 0.1) is 0 Å². The minimum atomic E-state index is -0.416. The molecule has 0 radical (unpaired) electrons. The molecular weight excluding hydrogens is 421 g/mol. The predicted octanol–water partition coefficient (Wildman–Crippen LogP) is 6.03. The number of anilines is 1. The fraction of sp³-hybridized carbons (Fsp3) is 0.200. The second-order valence-electron chi connectivity index (χ2n) is 5.69. The van der Waals surface area contributed by atoms with Crippen LogP contribution >= 0.6 is 35.0 Å². The van der Waals surface area contributed by atoms with Crippen molar-refractivity contribution in [2.24, 2.45) is 0 Å². The summed E-state index contributed by atoms with van der Waals surface area (Å²) in [6.07, 6.45) is 1.65. The summed E-state index contributed by atoms with van der Waals surface area (Å²) in [5, 5.41) is 0.228. The van der Waals surface area contributed by atoms with E-state index in [1.54, 1.807) is 36.4 Å². The van der Waals surface area contributed by atoms with E-state index in [4.69, 9.17) is 32.7 Å². The van der Waals surface area contributed by atoms with E-state index >= 15 is 0 Å². The lowest BCUT2D eigenvalue weighted by molar-refractivity contribution is -0.113. The van der Waals surface area contributed by atoms with E-state index in [0.717, 1.165) is 22.2 Å². The Balaban J connectivity index is 1.91. The third kappa shape index (κ3) is 4.29. The summed E-state index contributed by atoms with van der Waals surface area (Å²) >= 11 is 12.8. The zero-order chi connectivity index (χ0) is 20.3. The van der Waals surface area contributed by atoms with Crippen LogP contribution in [0.1, 0.15) is 19.4 Å². The molecule has 3 rings (SSSR count). The lowest BCUT2D eigenvalue weighted by Gasteiger charge is -2.13. The molecule has 28 heavy (non-hydrogen) atoms. The molecule has 1 aliphatic heterocycles. The smallest absolute Gasteiger partial charge is 0.298 e. The Morgan fingerprint density at radius 3 is 2.36 bits per heavy atom. The van der Waals surface area contributed by atoms with Crippen LogP contribution in [0.15, 0.2) is 41.3 Å². The Hall–Kier alpha value is -2.15. The van der Waals surface area contributed by atoms with Crippen LogP contribution in [0.2, 0.25) is 10.0 Å². The molecule has 2 amide bonds. The van der Waals surface area contributed by atoms with Gasteiger partial charge < -0.3 is 9.47 Å². The first-order valence-corrected chi connectivity index (χ1v) is 10.1. The van der Waals surface area contributed by atoms with Crippen LogP contribution < -0.4 is 14.4 Å². The van der Waals surface area contributed by atoms with Gasteiger partial charge in [-0.2, -0.15) is 0 Å². The van der Waals surface area contributed by atoms with Crippen LogP contribution in [0.25, 0.3) is 6.08 Å². The fourth-order valence-corrected chi connectivity index (χ4v) is 3.76. The van der Waals surface area contributed by atoms with Crippen LogP contribution in [-0.4, -0.2) is 24.4 Å². The van der Waals surface area contributed by atoms with E-state index in [0.29, 0.717) is 40.3 Å². The maximum absolute atomic E-state index is 12.8. The predicted molar refractivity (Wildman–Crippen MR) is 114 cm³/mol. The van der Waals surface area contributed by atoms with Crippen LogP contribution in [0.5, 0.6) is 11.5 Å². The van der Waals surface area contributed by atoms with Crippen LogP contribution in [0.3, 0.4) is 0 Å². The second-order valence-corrected chi connectivity index (χ2v) is 7.50. The number of thioether (sulfide) groups is 1. The molecule has 5 nitrogen and oxygen atoms in total. The Labute approximate surface area is 177 Å². The van der Waals surface area contributed by atoms with Crippen molar-refractivity contribution in [3.8, 4) is 11.5 Å². The van der Waals surface area contributed by atoms with Gasteiger partial charge in [-0.1, -0.05) is 29.3 Å². The third-order valence-corrected chi connectivity index (χ3v) is 5.43. The molecule has 1 aliphatic rings. The summed E-state index contributed by atoms with van der Waals surface area (Å²) in [5.41, 5.74) is 1.11. The highest BCUT2D eigenvalue weighted by molar-refractivity contribution is 8.19. The Morgan fingerprint density at radius 1 is 0.964 bits per heavy atom. The van der Waals surface area contributed by atoms with Gasteiger partial charge >= 0.3 is 0 Å². The normalized spacial score (nSPS) is 15.4. The number of carbonyl (C=O) groups is 2. The van der Waals surface area contributed by atoms with Crippen LogP contribution in [-0.2, 0) is 4.79 Å². The number of hydrogen-bond acceptors (Lipinski definition) is 5. The minimum Gasteiger partial charge on any atom is -0.490 e. The van der Waals surface area contributed by atoms with Gasteiger partial charge in [0.05, 0.1) is 33.9 Å². The zero-order valence-electron chi connectivity index (χ0n) is 15.2. The third-order valence-electron chi connectivity index (χ3n) is 3.82. The Kier molecular flexibility index (Phi) is 6.54. The van der Waals surface area contributed by atoms with Crippen molar-refractivity contribution in [3.63, 3.8) is 0 Å². The van der Waals surface area contributed by atoms with Crippen molar-refractivity contribution in [2.75, 3.05) is 18.1 Å². The van der Waals surface area contributed by atoms with E-state index in [9.17, 15) is 9.59 Å². The van der Waals surface area contributed by atoms with Gasteiger partial charge in [0.25, 0.3) is 11.1 Å². The van der Waals surface area contributed by atoms with Gasteiger partial charge in [0.1, 0.15) is 0 Å². The summed E-state index contributed by atoms with van der Waals surface area (Å²) in [5.74, 6) is 0.799. The quantitative estimate of drug-likeness (QED) is 0.516. The van der Waals surface area contributed by atoms with Gasteiger partial charge in [-0.05, 0) is 67.6 Å². The highest BCUT2D eigenvalue weighted by atomic mass is 35.5. The van der Waals surface area contributed by atoms with Gasteiger partial charge in [0.2, 0.25) is 0 Å². The molecule has 0 bridgehead atoms. The number of carbonyl (C=O) groups excluding carboxylic acids is 2. The maximum Gasteiger partial charge on any atom is 0.298 e. The molecule has 1 saturated heterocycles. The molecule has 0 N–H and O–H groups in total. The number of halogens is 2. The highest BCUT2D eigenvalue weighted by Crippen LogP contribution is 2.38. The lowest BCUT2D eigenvalue weighted by Crippen LogP contribution is -2.27. The monoisotopic (exact) mass is 437 g/mol. The lowest BCUT2D eigenvalue weighted by atomic mass is 10.1. The van der Waals surface area contributed by atoms with Gasteiger partial charge in [-0.3, -0.25) is 9.59 Å². The summed E-state index contributed by atoms with van der Waals surface area (Å²) in [4.78, 5) is 26.6. The van der Waals surface area contributed by atoms with E-state index < -0.39 is 11.1 Å². The number of hydrogen-bond donors (Lipinski definition) is 0. The van der Waals surface area contributed by atoms with Gasteiger partial charge in [-0.25, -0.2) is 4.90 Å². The van der Waals surface area contributed by atoms with E-state index in [-0.39, 0.29) is 5.02 Å². The van der Waals surface area contributed by atoms with Gasteiger partial charge in [0.15, 0.2) is 11.5 Å². The first-order valence-electron chi connectivity index (χ1n) is 8.57. The molecule has 0 saturated carbocycles. The molecule has 0 spiro atoms. The van der Waals surface area contributed by atoms with E-state index in [1.807, 2.05) is 13.8 Å². The molecule has 8 heteroatoms. The molecule has 0 aliphatic carbocycles. The summed E-state index contributed by atoms with van der Waals surface area (Å²) < 4.78 is 11.2. The molecule has 2 aromatic rings. The molecule has 0 atom stereocenters. The number of nitrogens with zero attached hydrogens (tertiary/aromatic N) is 1. The minimum absolute atomic E-state index is 0.273. The molecule has 0 aromatic heterocycles. The van der Waals surface area contributed by atoms with Crippen molar-refractivity contribution in [1.82, 2.24) is 0 Å². The second kappa shape index (κ2) is 8.90. The topological polar surface area (TPSA) is 55.8 Å². The molecule has 146 valence electrons. The Morgan fingerprint density at radius 2 is 1.68 bits per heavy atom.